The zero-order valence-electron chi connectivity index (χ0n) is 11.7. The summed E-state index contributed by atoms with van der Waals surface area (Å²) in [5, 5.41) is 2.69. The lowest BCUT2D eigenvalue weighted by molar-refractivity contribution is -0.121. The summed E-state index contributed by atoms with van der Waals surface area (Å²) >= 11 is 0. The number of amides is 1. The van der Waals surface area contributed by atoms with Gasteiger partial charge < -0.3 is 10.1 Å². The third kappa shape index (κ3) is 5.91. The van der Waals surface area contributed by atoms with E-state index in [1.807, 2.05) is 0 Å². The molecule has 0 saturated carbocycles. The van der Waals surface area contributed by atoms with Crippen molar-refractivity contribution in [3.63, 3.8) is 0 Å². The van der Waals surface area contributed by atoms with Gasteiger partial charge in [-0.15, -0.1) is 0 Å². The molecule has 0 saturated heterocycles. The first-order valence-corrected chi connectivity index (χ1v) is 6.52. The zero-order chi connectivity index (χ0) is 15.2. The average Bonchev–Trinajstić information content (AvgIpc) is 2.35. The van der Waals surface area contributed by atoms with Crippen molar-refractivity contribution in [1.29, 1.82) is 0 Å². The minimum absolute atomic E-state index is 0.0472. The van der Waals surface area contributed by atoms with Gasteiger partial charge in [-0.1, -0.05) is 24.3 Å². The summed E-state index contributed by atoms with van der Waals surface area (Å²) in [6, 6.07) is 5.86. The molecule has 20 heavy (non-hydrogen) atoms. The number of benzene rings is 1. The summed E-state index contributed by atoms with van der Waals surface area (Å²) < 4.78 is 26.0. The molecular weight excluding hydrogens is 264 g/mol. The second-order valence-electron chi connectivity index (χ2n) is 4.92. The van der Waals surface area contributed by atoms with E-state index in [0.29, 0.717) is 25.8 Å². The second-order valence-corrected chi connectivity index (χ2v) is 4.92. The van der Waals surface area contributed by atoms with Crippen molar-refractivity contribution in [1.82, 2.24) is 5.32 Å². The number of hydrogen-bond donors (Lipinski definition) is 1. The van der Waals surface area contributed by atoms with Gasteiger partial charge in [0.2, 0.25) is 5.91 Å². The molecule has 0 bridgehead atoms. The van der Waals surface area contributed by atoms with Gasteiger partial charge in [-0.3, -0.25) is 4.79 Å². The number of carbonyl (C=O) groups excluding carboxylic acids is 2. The van der Waals surface area contributed by atoms with Crippen LogP contribution in [0.4, 0.5) is 8.78 Å². The van der Waals surface area contributed by atoms with E-state index in [1.165, 1.54) is 19.1 Å². The number of hydrogen-bond acceptors (Lipinski definition) is 2. The molecule has 0 heterocycles. The Morgan fingerprint density at radius 1 is 1.15 bits per heavy atom. The van der Waals surface area contributed by atoms with Crippen LogP contribution in [-0.4, -0.2) is 11.7 Å². The van der Waals surface area contributed by atoms with Gasteiger partial charge in [0.1, 0.15) is 5.78 Å². The van der Waals surface area contributed by atoms with Gasteiger partial charge in [-0.2, -0.15) is 0 Å². The topological polar surface area (TPSA) is 46.2 Å². The average molecular weight is 283 g/mol. The van der Waals surface area contributed by atoms with E-state index in [0.717, 1.165) is 12.5 Å². The van der Waals surface area contributed by atoms with Crippen LogP contribution < -0.4 is 5.32 Å². The predicted molar refractivity (Wildman–Crippen MR) is 72.4 cm³/mol. The first-order chi connectivity index (χ1) is 9.29. The van der Waals surface area contributed by atoms with Crippen molar-refractivity contribution in [3.8, 4) is 0 Å². The molecule has 0 unspecified atom stereocenters. The van der Waals surface area contributed by atoms with Gasteiger partial charge in [-0.25, -0.2) is 8.78 Å². The third-order valence-electron chi connectivity index (χ3n) is 2.88. The summed E-state index contributed by atoms with van der Waals surface area (Å²) in [7, 11) is 0. The molecule has 0 radical (unpaired) electrons. The molecule has 5 heteroatoms. The second kappa shape index (κ2) is 7.12. The molecule has 1 amide bonds. The minimum Gasteiger partial charge on any atom is -0.352 e. The van der Waals surface area contributed by atoms with Gasteiger partial charge in [0.15, 0.2) is 0 Å². The Labute approximate surface area is 117 Å². The van der Waals surface area contributed by atoms with Crippen molar-refractivity contribution in [2.45, 2.75) is 45.6 Å². The number of Topliss-reactive ketones (excluding diaryl/α,β-unsaturated/α-hetero) is 1. The Morgan fingerprint density at radius 3 is 2.25 bits per heavy atom. The Kier molecular flexibility index (Phi) is 5.80. The van der Waals surface area contributed by atoms with Crippen LogP contribution in [0.2, 0.25) is 0 Å². The molecule has 110 valence electrons. The van der Waals surface area contributed by atoms with E-state index < -0.39 is 5.92 Å². The fourth-order valence-corrected chi connectivity index (χ4v) is 1.70. The Balaban J connectivity index is 2.38. The standard InChI is InChI=1S/C15H19F2NO2/c1-11(19)4-3-5-14(20)18-10-12-6-8-13(9-7-12)15(2,16)17/h6-9H,3-5,10H2,1-2H3,(H,18,20). The summed E-state index contributed by atoms with van der Waals surface area (Å²) in [6.07, 6.45) is 1.22. The van der Waals surface area contributed by atoms with Crippen molar-refractivity contribution in [3.05, 3.63) is 35.4 Å². The fourth-order valence-electron chi connectivity index (χ4n) is 1.70. The highest BCUT2D eigenvalue weighted by Gasteiger charge is 2.23. The van der Waals surface area contributed by atoms with Crippen LogP contribution in [0.5, 0.6) is 0 Å². The van der Waals surface area contributed by atoms with E-state index in [9.17, 15) is 18.4 Å². The van der Waals surface area contributed by atoms with Crippen LogP contribution in [0.3, 0.4) is 0 Å². The Hall–Kier alpha value is -1.78. The van der Waals surface area contributed by atoms with Crippen LogP contribution in [0, 0.1) is 0 Å². The molecule has 3 nitrogen and oxygen atoms in total. The van der Waals surface area contributed by atoms with Crippen molar-refractivity contribution in [2.75, 3.05) is 0 Å². The number of alkyl halides is 2. The van der Waals surface area contributed by atoms with Crippen molar-refractivity contribution >= 4 is 11.7 Å². The smallest absolute Gasteiger partial charge is 0.270 e. The number of ketones is 1. The summed E-state index contributed by atoms with van der Waals surface area (Å²) in [5.74, 6) is -2.93. The first kappa shape index (κ1) is 16.3. The fraction of sp³-hybridized carbons (Fsp3) is 0.467. The van der Waals surface area contributed by atoms with Crippen LogP contribution in [-0.2, 0) is 22.1 Å². The molecule has 0 aliphatic rings. The van der Waals surface area contributed by atoms with Crippen molar-refractivity contribution in [2.24, 2.45) is 0 Å². The number of carbonyl (C=O) groups is 2. The molecule has 1 rings (SSSR count). The molecule has 1 aromatic carbocycles. The first-order valence-electron chi connectivity index (χ1n) is 6.52. The van der Waals surface area contributed by atoms with E-state index >= 15 is 0 Å². The van der Waals surface area contributed by atoms with E-state index in [-0.39, 0.29) is 17.3 Å². The van der Waals surface area contributed by atoms with Crippen LogP contribution in [0.25, 0.3) is 0 Å². The Bertz CT molecular complexity index is 464. The van der Waals surface area contributed by atoms with E-state index in [4.69, 9.17) is 0 Å². The molecular formula is C15H19F2NO2. The number of rotatable bonds is 7. The quantitative estimate of drug-likeness (QED) is 0.835. The SMILES string of the molecule is CC(=O)CCCC(=O)NCc1ccc(C(C)(F)F)cc1. The summed E-state index contributed by atoms with van der Waals surface area (Å²) in [4.78, 5) is 22.2. The van der Waals surface area contributed by atoms with E-state index in [2.05, 4.69) is 5.32 Å². The Morgan fingerprint density at radius 2 is 1.75 bits per heavy atom. The van der Waals surface area contributed by atoms with Crippen LogP contribution in [0.15, 0.2) is 24.3 Å². The highest BCUT2D eigenvalue weighted by atomic mass is 19.3. The number of nitrogens with one attached hydrogen (secondary N) is 1. The van der Waals surface area contributed by atoms with Gasteiger partial charge >= 0.3 is 0 Å². The molecule has 0 atom stereocenters. The normalized spacial score (nSPS) is 11.2. The van der Waals surface area contributed by atoms with Gasteiger partial charge in [-0.05, 0) is 18.9 Å². The maximum atomic E-state index is 13.0. The highest BCUT2D eigenvalue weighted by molar-refractivity contribution is 5.78. The zero-order valence-corrected chi connectivity index (χ0v) is 11.7. The molecule has 0 aromatic heterocycles. The lowest BCUT2D eigenvalue weighted by Gasteiger charge is -2.11. The number of halogens is 2. The predicted octanol–water partition coefficient (Wildman–Crippen LogP) is 3.17. The van der Waals surface area contributed by atoms with Crippen LogP contribution in [0.1, 0.15) is 44.2 Å². The molecule has 0 aliphatic heterocycles. The summed E-state index contributed by atoms with van der Waals surface area (Å²) in [5.41, 5.74) is 0.715. The lowest BCUT2D eigenvalue weighted by Crippen LogP contribution is -2.22. The molecule has 1 aromatic rings. The minimum atomic E-state index is -2.85. The monoisotopic (exact) mass is 283 g/mol. The van der Waals surface area contributed by atoms with Crippen molar-refractivity contribution < 1.29 is 18.4 Å². The van der Waals surface area contributed by atoms with E-state index in [1.54, 1.807) is 12.1 Å². The van der Waals surface area contributed by atoms with Crippen LogP contribution >= 0.6 is 0 Å². The largest absolute Gasteiger partial charge is 0.352 e. The maximum Gasteiger partial charge on any atom is 0.270 e. The molecule has 1 N–H and O–H groups in total. The molecule has 0 fully saturated rings. The van der Waals surface area contributed by atoms with Gasteiger partial charge in [0.25, 0.3) is 5.92 Å². The van der Waals surface area contributed by atoms with Gasteiger partial charge in [0.05, 0.1) is 0 Å². The van der Waals surface area contributed by atoms with Gasteiger partial charge in [0, 0.05) is 31.9 Å². The lowest BCUT2D eigenvalue weighted by atomic mass is 10.1. The molecule has 0 spiro atoms. The third-order valence-corrected chi connectivity index (χ3v) is 2.88. The molecule has 0 aliphatic carbocycles. The highest BCUT2D eigenvalue weighted by Crippen LogP contribution is 2.26. The maximum absolute atomic E-state index is 13.0. The summed E-state index contributed by atoms with van der Waals surface area (Å²) in [6.45, 7) is 2.64.